The van der Waals surface area contributed by atoms with E-state index in [1.54, 1.807) is 24.1 Å². The Balaban J connectivity index is 1.23. The first-order valence-corrected chi connectivity index (χ1v) is 11.3. The van der Waals surface area contributed by atoms with Gasteiger partial charge < -0.3 is 14.7 Å². The number of benzene rings is 1. The number of carbonyl (C=O) groups excluding carboxylic acids is 2. The summed E-state index contributed by atoms with van der Waals surface area (Å²) in [6.45, 7) is 4.89. The van der Waals surface area contributed by atoms with Gasteiger partial charge in [-0.25, -0.2) is 9.48 Å². The molecule has 3 aliphatic heterocycles. The SMILES string of the molecule is Cc1c(C(O)CN2CCC3(CC2)CC(=O)N(c2ccc(=O)n(C)n2)C3)ccc2c1COC2=O. The topological polar surface area (TPSA) is 105 Å². The molecule has 2 aromatic rings. The Morgan fingerprint density at radius 3 is 2.64 bits per heavy atom. The maximum absolute atomic E-state index is 12.8. The highest BCUT2D eigenvalue weighted by Crippen LogP contribution is 2.42. The molecule has 1 aromatic heterocycles. The number of fused-ring (bicyclic) bond motifs is 1. The molecule has 0 bridgehead atoms. The number of hydrogen-bond acceptors (Lipinski definition) is 7. The van der Waals surface area contributed by atoms with Crippen LogP contribution in [0.15, 0.2) is 29.1 Å². The molecule has 3 aliphatic rings. The van der Waals surface area contributed by atoms with Crippen LogP contribution in [0, 0.1) is 12.3 Å². The zero-order chi connectivity index (χ0) is 23.3. The summed E-state index contributed by atoms with van der Waals surface area (Å²) in [4.78, 5) is 40.1. The number of cyclic esters (lactones) is 1. The van der Waals surface area contributed by atoms with Gasteiger partial charge >= 0.3 is 5.97 Å². The van der Waals surface area contributed by atoms with E-state index in [2.05, 4.69) is 10.00 Å². The number of nitrogens with zero attached hydrogens (tertiary/aromatic N) is 4. The van der Waals surface area contributed by atoms with Gasteiger partial charge in [0.15, 0.2) is 5.82 Å². The van der Waals surface area contributed by atoms with Crippen LogP contribution in [0.1, 0.15) is 52.4 Å². The molecule has 1 unspecified atom stereocenters. The van der Waals surface area contributed by atoms with Gasteiger partial charge in [-0.05, 0) is 61.5 Å². The predicted octanol–water partition coefficient (Wildman–Crippen LogP) is 1.31. The van der Waals surface area contributed by atoms with Crippen LogP contribution in [0.3, 0.4) is 0 Å². The lowest BCUT2D eigenvalue weighted by Crippen LogP contribution is -2.43. The van der Waals surface area contributed by atoms with Crippen molar-refractivity contribution in [3.63, 3.8) is 0 Å². The Hall–Kier alpha value is -3.04. The van der Waals surface area contributed by atoms with Crippen molar-refractivity contribution < 1.29 is 19.4 Å². The number of β-amino-alcohol motifs (C(OH)–C–C–N with tert-alkyl or cyclic N) is 1. The van der Waals surface area contributed by atoms with Crippen molar-refractivity contribution in [1.82, 2.24) is 14.7 Å². The van der Waals surface area contributed by atoms with Crippen LogP contribution in [-0.4, -0.2) is 57.8 Å². The number of aryl methyl sites for hydroxylation is 1. The van der Waals surface area contributed by atoms with E-state index < -0.39 is 6.10 Å². The van der Waals surface area contributed by atoms with E-state index in [4.69, 9.17) is 4.74 Å². The van der Waals surface area contributed by atoms with Crippen LogP contribution >= 0.6 is 0 Å². The molecule has 9 heteroatoms. The third-order valence-electron chi connectivity index (χ3n) is 7.46. The number of anilines is 1. The lowest BCUT2D eigenvalue weighted by atomic mass is 9.77. The zero-order valence-electron chi connectivity index (χ0n) is 18.9. The second-order valence-electron chi connectivity index (χ2n) is 9.51. The molecule has 1 atom stereocenters. The van der Waals surface area contributed by atoms with E-state index in [9.17, 15) is 19.5 Å². The lowest BCUT2D eigenvalue weighted by molar-refractivity contribution is -0.118. The van der Waals surface area contributed by atoms with Crippen molar-refractivity contribution in [2.45, 2.75) is 38.9 Å². The highest BCUT2D eigenvalue weighted by atomic mass is 16.5. The van der Waals surface area contributed by atoms with Gasteiger partial charge in [0.05, 0.1) is 11.7 Å². The van der Waals surface area contributed by atoms with Gasteiger partial charge in [-0.2, -0.15) is 5.10 Å². The van der Waals surface area contributed by atoms with Crippen LogP contribution in [-0.2, 0) is 23.2 Å². The summed E-state index contributed by atoms with van der Waals surface area (Å²) in [6.07, 6.45) is 1.54. The van der Waals surface area contributed by atoms with Crippen molar-refractivity contribution in [2.75, 3.05) is 31.1 Å². The molecule has 1 amide bonds. The molecule has 174 valence electrons. The van der Waals surface area contributed by atoms with Crippen molar-refractivity contribution >= 4 is 17.7 Å². The first-order chi connectivity index (χ1) is 15.8. The molecule has 0 saturated carbocycles. The number of likely N-dealkylation sites (tertiary alicyclic amines) is 1. The number of aromatic nitrogens is 2. The first-order valence-electron chi connectivity index (χ1n) is 11.3. The minimum absolute atomic E-state index is 0.0418. The van der Waals surface area contributed by atoms with E-state index >= 15 is 0 Å². The Morgan fingerprint density at radius 1 is 1.15 bits per heavy atom. The molecule has 1 aromatic carbocycles. The van der Waals surface area contributed by atoms with Crippen LogP contribution in [0.2, 0.25) is 0 Å². The summed E-state index contributed by atoms with van der Waals surface area (Å²) >= 11 is 0. The molecule has 0 aliphatic carbocycles. The van der Waals surface area contributed by atoms with E-state index in [-0.39, 0.29) is 29.5 Å². The maximum Gasteiger partial charge on any atom is 0.338 e. The molecular formula is C24H28N4O5. The number of esters is 1. The standard InChI is InChI=1S/C24H28N4O5/c1-15-16(3-4-17-18(15)13-33-23(17)32)19(29)12-27-9-7-24(8-10-27)11-22(31)28(14-24)20-5-6-21(30)26(2)25-20/h3-6,19,29H,7-14H2,1-2H3. The van der Waals surface area contributed by atoms with E-state index in [1.807, 2.05) is 13.0 Å². The van der Waals surface area contributed by atoms with Gasteiger partial charge in [0.2, 0.25) is 5.91 Å². The summed E-state index contributed by atoms with van der Waals surface area (Å²) in [5.41, 5.74) is 2.90. The highest BCUT2D eigenvalue weighted by molar-refractivity contribution is 5.95. The number of aliphatic hydroxyl groups is 1. The molecule has 9 nitrogen and oxygen atoms in total. The smallest absolute Gasteiger partial charge is 0.338 e. The Labute approximate surface area is 191 Å². The van der Waals surface area contributed by atoms with Gasteiger partial charge in [-0.1, -0.05) is 6.07 Å². The van der Waals surface area contributed by atoms with Crippen molar-refractivity contribution in [2.24, 2.45) is 12.5 Å². The fourth-order valence-electron chi connectivity index (χ4n) is 5.35. The first kappa shape index (κ1) is 21.8. The molecule has 33 heavy (non-hydrogen) atoms. The van der Waals surface area contributed by atoms with Gasteiger partial charge in [0, 0.05) is 38.2 Å². The fraction of sp³-hybridized carbons (Fsp3) is 0.500. The summed E-state index contributed by atoms with van der Waals surface area (Å²) in [6, 6.07) is 6.62. The number of aliphatic hydroxyl groups excluding tert-OH is 1. The largest absolute Gasteiger partial charge is 0.457 e. The molecule has 1 N–H and O–H groups in total. The number of hydrogen-bond donors (Lipinski definition) is 1. The van der Waals surface area contributed by atoms with E-state index in [0.29, 0.717) is 30.9 Å². The monoisotopic (exact) mass is 452 g/mol. The van der Waals surface area contributed by atoms with E-state index in [0.717, 1.165) is 42.6 Å². The number of rotatable bonds is 4. The fourth-order valence-corrected chi connectivity index (χ4v) is 5.35. The average molecular weight is 453 g/mol. The summed E-state index contributed by atoms with van der Waals surface area (Å²) < 4.78 is 6.37. The number of amides is 1. The van der Waals surface area contributed by atoms with Gasteiger partial charge in [0.25, 0.3) is 5.56 Å². The lowest BCUT2D eigenvalue weighted by Gasteiger charge is -2.39. The van der Waals surface area contributed by atoms with Crippen LogP contribution in [0.5, 0.6) is 0 Å². The predicted molar refractivity (Wildman–Crippen MR) is 120 cm³/mol. The maximum atomic E-state index is 12.8. The summed E-state index contributed by atoms with van der Waals surface area (Å²) in [7, 11) is 1.58. The van der Waals surface area contributed by atoms with Gasteiger partial charge in [-0.15, -0.1) is 0 Å². The minimum atomic E-state index is -0.656. The second-order valence-corrected chi connectivity index (χ2v) is 9.51. The van der Waals surface area contributed by atoms with Gasteiger partial charge in [0.1, 0.15) is 6.61 Å². The normalized spacial score (nSPS) is 20.9. The van der Waals surface area contributed by atoms with Crippen molar-refractivity contribution in [3.8, 4) is 0 Å². The number of ether oxygens (including phenoxy) is 1. The summed E-state index contributed by atoms with van der Waals surface area (Å²) in [5.74, 6) is 0.259. The van der Waals surface area contributed by atoms with E-state index in [1.165, 1.54) is 10.7 Å². The minimum Gasteiger partial charge on any atom is -0.457 e. The molecular weight excluding hydrogens is 424 g/mol. The second kappa shape index (κ2) is 8.07. The number of piperidine rings is 1. The average Bonchev–Trinajstić information content (AvgIpc) is 3.32. The Bertz CT molecular complexity index is 1180. The van der Waals surface area contributed by atoms with Crippen molar-refractivity contribution in [3.05, 3.63) is 56.9 Å². The van der Waals surface area contributed by atoms with Crippen molar-refractivity contribution in [1.29, 1.82) is 0 Å². The molecule has 4 heterocycles. The zero-order valence-corrected chi connectivity index (χ0v) is 18.9. The molecule has 0 radical (unpaired) electrons. The third-order valence-corrected chi connectivity index (χ3v) is 7.46. The molecule has 2 saturated heterocycles. The molecule has 1 spiro atoms. The Kier molecular flexibility index (Phi) is 5.33. The van der Waals surface area contributed by atoms with Crippen LogP contribution in [0.25, 0.3) is 0 Å². The Morgan fingerprint density at radius 2 is 1.91 bits per heavy atom. The third kappa shape index (κ3) is 3.85. The molecule has 2 fully saturated rings. The van der Waals surface area contributed by atoms with Crippen LogP contribution in [0.4, 0.5) is 5.82 Å². The highest BCUT2D eigenvalue weighted by Gasteiger charge is 2.46. The van der Waals surface area contributed by atoms with Gasteiger partial charge in [-0.3, -0.25) is 14.5 Å². The quantitative estimate of drug-likeness (QED) is 0.698. The van der Waals surface area contributed by atoms with Crippen LogP contribution < -0.4 is 10.5 Å². The summed E-state index contributed by atoms with van der Waals surface area (Å²) in [5, 5.41) is 15.2. The number of carbonyl (C=O) groups is 2. The molecule has 5 rings (SSSR count).